The minimum absolute atomic E-state index is 0.0309. The van der Waals surface area contributed by atoms with Crippen LogP contribution in [0.4, 0.5) is 0 Å². The van der Waals surface area contributed by atoms with E-state index in [1.54, 1.807) is 29.9 Å². The molecule has 2 rings (SSSR count). The molecule has 1 heterocycles. The van der Waals surface area contributed by atoms with Crippen LogP contribution < -0.4 is 10.6 Å². The third-order valence-electron chi connectivity index (χ3n) is 2.92. The highest BCUT2D eigenvalue weighted by Gasteiger charge is 2.10. The normalized spacial score (nSPS) is 9.41. The fourth-order valence-corrected chi connectivity index (χ4v) is 1.81. The van der Waals surface area contributed by atoms with E-state index in [0.29, 0.717) is 12.2 Å². The third-order valence-corrected chi connectivity index (χ3v) is 2.92. The van der Waals surface area contributed by atoms with Crippen LogP contribution in [0.1, 0.15) is 29.9 Å². The van der Waals surface area contributed by atoms with Gasteiger partial charge in [0.15, 0.2) is 0 Å². The fraction of sp³-hybridized carbons (Fsp3) is 0.294. The Balaban J connectivity index is 0.00000116. The first kappa shape index (κ1) is 17.5. The third kappa shape index (κ3) is 5.44. The lowest BCUT2D eigenvalue weighted by Crippen LogP contribution is -2.37. The molecule has 0 aliphatic rings. The van der Waals surface area contributed by atoms with Crippen molar-refractivity contribution in [2.75, 3.05) is 6.54 Å². The number of aryl methyl sites for hydroxylation is 1. The first-order valence-corrected chi connectivity index (χ1v) is 7.37. The Bertz CT molecular complexity index is 591. The Hall–Kier alpha value is -2.56. The molecule has 0 spiro atoms. The Morgan fingerprint density at radius 2 is 1.68 bits per heavy atom. The molecule has 0 radical (unpaired) electrons. The van der Waals surface area contributed by atoms with E-state index in [1.807, 2.05) is 44.2 Å². The van der Waals surface area contributed by atoms with Crippen LogP contribution >= 0.6 is 0 Å². The first-order chi connectivity index (χ1) is 10.7. The number of amides is 2. The number of carbonyl (C=O) groups is 2. The number of nitrogens with one attached hydrogen (secondary N) is 2. The predicted octanol–water partition coefficient (Wildman–Crippen LogP) is 2.10. The summed E-state index contributed by atoms with van der Waals surface area (Å²) in [5.41, 5.74) is 1.55. The molecule has 0 fully saturated rings. The van der Waals surface area contributed by atoms with Gasteiger partial charge in [-0.2, -0.15) is 0 Å². The lowest BCUT2D eigenvalue weighted by atomic mass is 10.2. The second-order valence-corrected chi connectivity index (χ2v) is 4.45. The van der Waals surface area contributed by atoms with Crippen molar-refractivity contribution in [3.05, 3.63) is 59.9 Å². The minimum Gasteiger partial charge on any atom is -0.350 e. The van der Waals surface area contributed by atoms with Gasteiger partial charge in [-0.25, -0.2) is 0 Å². The Kier molecular flexibility index (Phi) is 7.47. The number of hydrogen-bond donors (Lipinski definition) is 2. The predicted molar refractivity (Wildman–Crippen MR) is 87.4 cm³/mol. The van der Waals surface area contributed by atoms with Gasteiger partial charge in [0, 0.05) is 19.8 Å². The van der Waals surface area contributed by atoms with Gasteiger partial charge in [-0.1, -0.05) is 44.2 Å². The smallest absolute Gasteiger partial charge is 0.268 e. The van der Waals surface area contributed by atoms with Crippen molar-refractivity contribution in [2.45, 2.75) is 20.4 Å². The second-order valence-electron chi connectivity index (χ2n) is 4.45. The summed E-state index contributed by atoms with van der Waals surface area (Å²) < 4.78 is 1.71. The summed E-state index contributed by atoms with van der Waals surface area (Å²) in [4.78, 5) is 23.4. The van der Waals surface area contributed by atoms with E-state index >= 15 is 0 Å². The van der Waals surface area contributed by atoms with Gasteiger partial charge in [-0.3, -0.25) is 9.59 Å². The zero-order valence-electron chi connectivity index (χ0n) is 13.3. The molecule has 2 amide bonds. The van der Waals surface area contributed by atoms with Crippen molar-refractivity contribution in [1.82, 2.24) is 15.2 Å². The number of benzene rings is 1. The minimum atomic E-state index is -0.257. The second kappa shape index (κ2) is 9.39. The van der Waals surface area contributed by atoms with Gasteiger partial charge in [0.25, 0.3) is 5.91 Å². The van der Waals surface area contributed by atoms with E-state index in [-0.39, 0.29) is 18.4 Å². The summed E-state index contributed by atoms with van der Waals surface area (Å²) in [7, 11) is 1.78. The van der Waals surface area contributed by atoms with Crippen molar-refractivity contribution >= 4 is 11.8 Å². The topological polar surface area (TPSA) is 63.1 Å². The summed E-state index contributed by atoms with van der Waals surface area (Å²) in [6.45, 7) is 4.43. The first-order valence-electron chi connectivity index (χ1n) is 7.37. The van der Waals surface area contributed by atoms with E-state index in [1.165, 1.54) is 0 Å². The van der Waals surface area contributed by atoms with E-state index < -0.39 is 0 Å². The Morgan fingerprint density at radius 3 is 2.27 bits per heavy atom. The van der Waals surface area contributed by atoms with Crippen LogP contribution in [0.3, 0.4) is 0 Å². The summed E-state index contributed by atoms with van der Waals surface area (Å²) in [6.07, 6.45) is 1.78. The van der Waals surface area contributed by atoms with Gasteiger partial charge < -0.3 is 15.2 Å². The maximum Gasteiger partial charge on any atom is 0.268 e. The maximum absolute atomic E-state index is 11.8. The number of nitrogens with zero attached hydrogens (tertiary/aromatic N) is 1. The molecule has 22 heavy (non-hydrogen) atoms. The number of rotatable bonds is 5. The molecular formula is C17H23N3O2. The van der Waals surface area contributed by atoms with Crippen molar-refractivity contribution < 1.29 is 9.59 Å². The number of aromatic nitrogens is 1. The van der Waals surface area contributed by atoms with E-state index in [4.69, 9.17) is 0 Å². The van der Waals surface area contributed by atoms with Gasteiger partial charge in [0.1, 0.15) is 5.69 Å². The van der Waals surface area contributed by atoms with Gasteiger partial charge in [-0.15, -0.1) is 0 Å². The highest BCUT2D eigenvalue weighted by Crippen LogP contribution is 1.99. The van der Waals surface area contributed by atoms with Gasteiger partial charge >= 0.3 is 0 Å². The highest BCUT2D eigenvalue weighted by atomic mass is 16.2. The maximum atomic E-state index is 11.8. The Labute approximate surface area is 131 Å². The zero-order valence-corrected chi connectivity index (χ0v) is 13.3. The molecule has 2 N–H and O–H groups in total. The summed E-state index contributed by atoms with van der Waals surface area (Å²) >= 11 is 0. The molecule has 0 atom stereocenters. The van der Waals surface area contributed by atoms with Gasteiger partial charge in [0.2, 0.25) is 5.91 Å². The molecule has 5 nitrogen and oxygen atoms in total. The van der Waals surface area contributed by atoms with E-state index in [2.05, 4.69) is 10.6 Å². The average molecular weight is 301 g/mol. The standard InChI is InChI=1S/C15H17N3O2.C2H6/c1-18-9-5-8-13(18)15(20)17-11-14(19)16-10-12-6-3-2-4-7-12;1-2/h2-9H,10-11H2,1H3,(H,16,19)(H,17,20);1-2H3. The van der Waals surface area contributed by atoms with Gasteiger partial charge in [-0.05, 0) is 17.7 Å². The summed E-state index contributed by atoms with van der Waals surface area (Å²) in [5.74, 6) is -0.469. The quantitative estimate of drug-likeness (QED) is 0.888. The van der Waals surface area contributed by atoms with E-state index in [0.717, 1.165) is 5.56 Å². The summed E-state index contributed by atoms with van der Waals surface area (Å²) in [5, 5.41) is 5.34. The van der Waals surface area contributed by atoms with Crippen molar-refractivity contribution in [2.24, 2.45) is 7.05 Å². The number of carbonyl (C=O) groups excluding carboxylic acids is 2. The number of hydrogen-bond acceptors (Lipinski definition) is 2. The molecule has 2 aromatic rings. The molecule has 0 aliphatic heterocycles. The molecule has 0 bridgehead atoms. The fourth-order valence-electron chi connectivity index (χ4n) is 1.81. The zero-order chi connectivity index (χ0) is 16.4. The van der Waals surface area contributed by atoms with Crippen LogP contribution in [0, 0.1) is 0 Å². The molecule has 0 aliphatic carbocycles. The molecule has 1 aromatic heterocycles. The Morgan fingerprint density at radius 1 is 1.00 bits per heavy atom. The lowest BCUT2D eigenvalue weighted by molar-refractivity contribution is -0.120. The van der Waals surface area contributed by atoms with Crippen LogP contribution in [0.2, 0.25) is 0 Å². The van der Waals surface area contributed by atoms with E-state index in [9.17, 15) is 9.59 Å². The van der Waals surface area contributed by atoms with Crippen molar-refractivity contribution in [3.8, 4) is 0 Å². The molecular weight excluding hydrogens is 278 g/mol. The molecule has 0 saturated carbocycles. The SMILES string of the molecule is CC.Cn1cccc1C(=O)NCC(=O)NCc1ccccc1. The van der Waals surface area contributed by atoms with Crippen molar-refractivity contribution in [3.63, 3.8) is 0 Å². The average Bonchev–Trinajstić information content (AvgIpc) is 2.99. The summed E-state index contributed by atoms with van der Waals surface area (Å²) in [6, 6.07) is 13.1. The van der Waals surface area contributed by atoms with Crippen molar-refractivity contribution in [1.29, 1.82) is 0 Å². The lowest BCUT2D eigenvalue weighted by Gasteiger charge is -2.07. The molecule has 5 heteroatoms. The van der Waals surface area contributed by atoms with Crippen LogP contribution in [0.15, 0.2) is 48.7 Å². The van der Waals surface area contributed by atoms with Crippen LogP contribution in [-0.4, -0.2) is 22.9 Å². The van der Waals surface area contributed by atoms with Crippen LogP contribution in [-0.2, 0) is 18.4 Å². The largest absolute Gasteiger partial charge is 0.350 e. The van der Waals surface area contributed by atoms with Crippen LogP contribution in [0.25, 0.3) is 0 Å². The molecule has 0 unspecified atom stereocenters. The highest BCUT2D eigenvalue weighted by molar-refractivity contribution is 5.95. The molecule has 1 aromatic carbocycles. The molecule has 118 valence electrons. The monoisotopic (exact) mass is 301 g/mol. The molecule has 0 saturated heterocycles. The van der Waals surface area contributed by atoms with Gasteiger partial charge in [0.05, 0.1) is 6.54 Å². The van der Waals surface area contributed by atoms with Crippen LogP contribution in [0.5, 0.6) is 0 Å².